The highest BCUT2D eigenvalue weighted by molar-refractivity contribution is 7.80. The van der Waals surface area contributed by atoms with Gasteiger partial charge in [-0.25, -0.2) is 8.78 Å². The number of hydrogen-bond donors (Lipinski definition) is 3. The highest BCUT2D eigenvalue weighted by Crippen LogP contribution is 2.38. The third kappa shape index (κ3) is 8.62. The minimum Gasteiger partial charge on any atom is -0.493 e. The van der Waals surface area contributed by atoms with Crippen LogP contribution in [0.5, 0.6) is 23.0 Å². The summed E-state index contributed by atoms with van der Waals surface area (Å²) < 4.78 is 45.8. The summed E-state index contributed by atoms with van der Waals surface area (Å²) in [5, 5.41) is 15.3. The number of hydrogen-bond acceptors (Lipinski definition) is 8. The van der Waals surface area contributed by atoms with E-state index >= 15 is 4.39 Å². The summed E-state index contributed by atoms with van der Waals surface area (Å²) in [5.74, 6) is 0.332. The molecule has 0 spiro atoms. The molecule has 45 heavy (non-hydrogen) atoms. The molecule has 9 nitrogen and oxygen atoms in total. The fraction of sp³-hybridized carbons (Fsp3) is 0.303. The van der Waals surface area contributed by atoms with Crippen LogP contribution in [-0.4, -0.2) is 66.0 Å². The number of aliphatic hydroxyl groups excluding tert-OH is 1. The van der Waals surface area contributed by atoms with Gasteiger partial charge in [0.1, 0.15) is 18.2 Å². The van der Waals surface area contributed by atoms with Crippen LogP contribution < -0.4 is 24.8 Å². The smallest absolute Gasteiger partial charge is 0.230 e. The number of benzene rings is 3. The zero-order chi connectivity index (χ0) is 31.8. The molecule has 1 aliphatic rings. The first-order valence-electron chi connectivity index (χ1n) is 14.6. The van der Waals surface area contributed by atoms with E-state index in [0.29, 0.717) is 51.9 Å². The monoisotopic (exact) mass is 636 g/mol. The molecule has 1 aromatic heterocycles. The van der Waals surface area contributed by atoms with Crippen molar-refractivity contribution in [1.82, 2.24) is 15.2 Å². The standard InChI is InChI=1S/C33H34F2N4O5S/c1-42-30-18-25-27(19-31(30)43-15-14-39-12-9-22(20-40)10-13-39)36-11-8-28(25)44-29-7-6-24(17-26(29)35)37-33(45)38-32(41)16-21-2-4-23(34)5-3-21/h2-8,11,17-19,22,40H,9-10,12-16,20H2,1H3,(H2,37,38,41,45). The number of ether oxygens (including phenoxy) is 3. The van der Waals surface area contributed by atoms with Gasteiger partial charge in [0, 0.05) is 42.6 Å². The van der Waals surface area contributed by atoms with Gasteiger partial charge in [-0.15, -0.1) is 0 Å². The number of carbonyl (C=O) groups excluding carboxylic acids is 1. The highest BCUT2D eigenvalue weighted by Gasteiger charge is 2.19. The molecule has 0 aliphatic carbocycles. The molecule has 1 saturated heterocycles. The summed E-state index contributed by atoms with van der Waals surface area (Å²) in [5.41, 5.74) is 1.53. The lowest BCUT2D eigenvalue weighted by Gasteiger charge is -2.30. The van der Waals surface area contributed by atoms with Crippen molar-refractivity contribution in [2.75, 3.05) is 45.3 Å². The number of piperidine rings is 1. The fourth-order valence-corrected chi connectivity index (χ4v) is 5.30. The molecule has 3 N–H and O–H groups in total. The number of carbonyl (C=O) groups is 1. The zero-order valence-electron chi connectivity index (χ0n) is 24.7. The van der Waals surface area contributed by atoms with Gasteiger partial charge in [0.15, 0.2) is 28.2 Å². The van der Waals surface area contributed by atoms with E-state index in [0.717, 1.165) is 32.5 Å². The number of nitrogens with zero attached hydrogens (tertiary/aromatic N) is 2. The Morgan fingerprint density at radius 2 is 1.80 bits per heavy atom. The van der Waals surface area contributed by atoms with E-state index in [1.54, 1.807) is 37.6 Å². The largest absolute Gasteiger partial charge is 0.493 e. The number of fused-ring (bicyclic) bond motifs is 1. The van der Waals surface area contributed by atoms with Gasteiger partial charge in [0.2, 0.25) is 5.91 Å². The second-order valence-electron chi connectivity index (χ2n) is 10.7. The number of halogens is 2. The molecule has 4 aromatic rings. The maximum absolute atomic E-state index is 15.1. The molecule has 0 atom stereocenters. The van der Waals surface area contributed by atoms with E-state index in [4.69, 9.17) is 26.4 Å². The molecule has 0 radical (unpaired) electrons. The number of thiocarbonyl (C=S) groups is 1. The lowest BCUT2D eigenvalue weighted by atomic mass is 9.98. The summed E-state index contributed by atoms with van der Waals surface area (Å²) in [6.07, 6.45) is 3.54. The Kier molecular flexibility index (Phi) is 10.7. The van der Waals surface area contributed by atoms with Crippen LogP contribution in [0.4, 0.5) is 14.5 Å². The van der Waals surface area contributed by atoms with Crippen LogP contribution in [-0.2, 0) is 11.2 Å². The normalized spacial score (nSPS) is 13.8. The third-order valence-corrected chi connectivity index (χ3v) is 7.76. The van der Waals surface area contributed by atoms with Crippen molar-refractivity contribution in [3.63, 3.8) is 0 Å². The van der Waals surface area contributed by atoms with Gasteiger partial charge in [-0.3, -0.25) is 14.7 Å². The van der Waals surface area contributed by atoms with E-state index in [2.05, 4.69) is 20.5 Å². The number of aromatic nitrogens is 1. The van der Waals surface area contributed by atoms with Gasteiger partial charge in [0.05, 0.1) is 19.0 Å². The van der Waals surface area contributed by atoms with Crippen molar-refractivity contribution < 1.29 is 32.9 Å². The first kappa shape index (κ1) is 32.0. The van der Waals surface area contributed by atoms with Gasteiger partial charge in [-0.2, -0.15) is 0 Å². The Labute approximate surface area is 265 Å². The van der Waals surface area contributed by atoms with Crippen LogP contribution >= 0.6 is 12.2 Å². The summed E-state index contributed by atoms with van der Waals surface area (Å²) in [6.45, 7) is 3.33. The van der Waals surface area contributed by atoms with Crippen LogP contribution in [0.1, 0.15) is 18.4 Å². The lowest BCUT2D eigenvalue weighted by Crippen LogP contribution is -2.37. The Bertz CT molecular complexity index is 1650. The Morgan fingerprint density at radius 1 is 1.02 bits per heavy atom. The average Bonchev–Trinajstić information content (AvgIpc) is 3.03. The predicted octanol–water partition coefficient (Wildman–Crippen LogP) is 5.45. The van der Waals surface area contributed by atoms with E-state index in [9.17, 15) is 14.3 Å². The van der Waals surface area contributed by atoms with Gasteiger partial charge < -0.3 is 30.0 Å². The number of anilines is 1. The van der Waals surface area contributed by atoms with Gasteiger partial charge in [0.25, 0.3) is 0 Å². The first-order chi connectivity index (χ1) is 21.8. The SMILES string of the molecule is COc1cc2c(Oc3ccc(NC(=S)NC(=O)Cc4ccc(F)cc4)cc3F)ccnc2cc1OCCN1CCC(CO)CC1. The molecule has 1 aliphatic heterocycles. The molecule has 1 amide bonds. The minimum absolute atomic E-state index is 0.00656. The van der Waals surface area contributed by atoms with E-state index < -0.39 is 11.7 Å². The molecule has 0 bridgehead atoms. The van der Waals surface area contributed by atoms with Crippen molar-refractivity contribution in [3.8, 4) is 23.0 Å². The number of methoxy groups -OCH3 is 1. The van der Waals surface area contributed by atoms with Crippen molar-refractivity contribution in [1.29, 1.82) is 0 Å². The molecular weight excluding hydrogens is 602 g/mol. The number of amides is 1. The number of rotatable bonds is 11. The zero-order valence-corrected chi connectivity index (χ0v) is 25.5. The Balaban J connectivity index is 1.20. The third-order valence-electron chi connectivity index (χ3n) is 7.56. The predicted molar refractivity (Wildman–Crippen MR) is 171 cm³/mol. The molecule has 1 fully saturated rings. The summed E-state index contributed by atoms with van der Waals surface area (Å²) in [6, 6.07) is 15.0. The second kappa shape index (κ2) is 15.1. The summed E-state index contributed by atoms with van der Waals surface area (Å²) in [4.78, 5) is 19.0. The van der Waals surface area contributed by atoms with Crippen LogP contribution in [0, 0.1) is 17.6 Å². The molecule has 236 valence electrons. The summed E-state index contributed by atoms with van der Waals surface area (Å²) >= 11 is 5.19. The lowest BCUT2D eigenvalue weighted by molar-refractivity contribution is -0.119. The molecular formula is C33H34F2N4O5S. The molecule has 12 heteroatoms. The van der Waals surface area contributed by atoms with Crippen LogP contribution in [0.2, 0.25) is 0 Å². The quantitative estimate of drug-likeness (QED) is 0.185. The first-order valence-corrected chi connectivity index (χ1v) is 15.0. The van der Waals surface area contributed by atoms with E-state index in [-0.39, 0.29) is 29.7 Å². The van der Waals surface area contributed by atoms with Crippen LogP contribution in [0.25, 0.3) is 10.9 Å². The second-order valence-corrected chi connectivity index (χ2v) is 11.1. The maximum Gasteiger partial charge on any atom is 0.230 e. The topological polar surface area (TPSA) is 105 Å². The number of pyridine rings is 1. The molecule has 0 saturated carbocycles. The highest BCUT2D eigenvalue weighted by atomic mass is 32.1. The van der Waals surface area contributed by atoms with Crippen molar-refractivity contribution in [3.05, 3.63) is 84.1 Å². The fourth-order valence-electron chi connectivity index (χ4n) is 5.07. The van der Waals surface area contributed by atoms with E-state index in [1.165, 1.54) is 36.4 Å². The molecule has 0 unspecified atom stereocenters. The van der Waals surface area contributed by atoms with Crippen molar-refractivity contribution >= 4 is 39.8 Å². The molecule has 3 aromatic carbocycles. The number of aliphatic hydroxyl groups is 1. The average molecular weight is 637 g/mol. The number of likely N-dealkylation sites (tertiary alicyclic amines) is 1. The van der Waals surface area contributed by atoms with Gasteiger partial charge in [-0.05, 0) is 86.0 Å². The minimum atomic E-state index is -0.652. The summed E-state index contributed by atoms with van der Waals surface area (Å²) in [7, 11) is 1.55. The van der Waals surface area contributed by atoms with Crippen molar-refractivity contribution in [2.24, 2.45) is 5.92 Å². The van der Waals surface area contributed by atoms with Gasteiger partial charge >= 0.3 is 0 Å². The molecule has 2 heterocycles. The van der Waals surface area contributed by atoms with Gasteiger partial charge in [-0.1, -0.05) is 12.1 Å². The van der Waals surface area contributed by atoms with E-state index in [1.807, 2.05) is 0 Å². The Morgan fingerprint density at radius 3 is 2.51 bits per heavy atom. The number of nitrogens with one attached hydrogen (secondary N) is 2. The Hall–Kier alpha value is -4.39. The van der Waals surface area contributed by atoms with Crippen LogP contribution in [0.15, 0.2) is 66.9 Å². The maximum atomic E-state index is 15.1. The van der Waals surface area contributed by atoms with Crippen LogP contribution in [0.3, 0.4) is 0 Å². The van der Waals surface area contributed by atoms with Crippen molar-refractivity contribution in [2.45, 2.75) is 19.3 Å². The molecule has 5 rings (SSSR count).